The van der Waals surface area contributed by atoms with Crippen molar-refractivity contribution in [3.63, 3.8) is 0 Å². The zero-order valence-electron chi connectivity index (χ0n) is 10.8. The van der Waals surface area contributed by atoms with Gasteiger partial charge < -0.3 is 11.5 Å². The Bertz CT molecular complexity index is 328. The van der Waals surface area contributed by atoms with Crippen LogP contribution in [0, 0.1) is 29.1 Å². The second kappa shape index (κ2) is 3.27. The molecule has 5 unspecified atom stereocenters. The zero-order valence-corrected chi connectivity index (χ0v) is 10.8. The molecule has 96 valence electrons. The summed E-state index contributed by atoms with van der Waals surface area (Å²) < 4.78 is 0. The molecule has 0 bridgehead atoms. The summed E-state index contributed by atoms with van der Waals surface area (Å²) in [6, 6.07) is 0. The second-order valence-corrected chi connectivity index (χ2v) is 7.17. The Morgan fingerprint density at radius 1 is 0.765 bits per heavy atom. The highest BCUT2D eigenvalue weighted by molar-refractivity contribution is 5.35. The van der Waals surface area contributed by atoms with Crippen LogP contribution in [0.15, 0.2) is 0 Å². The van der Waals surface area contributed by atoms with Crippen molar-refractivity contribution in [1.82, 2.24) is 0 Å². The van der Waals surface area contributed by atoms with Gasteiger partial charge in [-0.05, 0) is 54.8 Å². The molecule has 0 aromatic heterocycles. The summed E-state index contributed by atoms with van der Waals surface area (Å²) >= 11 is 0. The molecule has 1 spiro atoms. The molecule has 5 atom stereocenters. The average molecular weight is 234 g/mol. The van der Waals surface area contributed by atoms with Gasteiger partial charge in [0.15, 0.2) is 0 Å². The first-order valence-electron chi connectivity index (χ1n) is 7.75. The van der Waals surface area contributed by atoms with Crippen molar-refractivity contribution in [3.8, 4) is 0 Å². The van der Waals surface area contributed by atoms with E-state index in [1.54, 1.807) is 0 Å². The van der Waals surface area contributed by atoms with E-state index < -0.39 is 0 Å². The highest BCUT2D eigenvalue weighted by Gasteiger charge is 2.83. The normalized spacial score (nSPS) is 60.4. The molecule has 4 N–H and O–H groups in total. The van der Waals surface area contributed by atoms with Crippen molar-refractivity contribution in [2.75, 3.05) is 6.54 Å². The standard InChI is InChI=1S/C15H26N2/c16-9-14(17)10-5-1-2-6-11(10)15(14)12-7-3-4-8-13(12)15/h10-13H,1-9,16-17H2. The number of hydrogen-bond acceptors (Lipinski definition) is 2. The zero-order chi connectivity index (χ0) is 11.7. The highest BCUT2D eigenvalue weighted by Crippen LogP contribution is 2.83. The molecule has 0 radical (unpaired) electrons. The maximum absolute atomic E-state index is 6.83. The lowest BCUT2D eigenvalue weighted by Gasteiger charge is -2.64. The molecule has 4 aliphatic carbocycles. The van der Waals surface area contributed by atoms with Gasteiger partial charge in [-0.15, -0.1) is 0 Å². The van der Waals surface area contributed by atoms with E-state index in [0.717, 1.165) is 30.2 Å². The summed E-state index contributed by atoms with van der Waals surface area (Å²) in [5.74, 6) is 3.65. The molecule has 2 nitrogen and oxygen atoms in total. The Kier molecular flexibility index (Phi) is 2.08. The topological polar surface area (TPSA) is 52.0 Å². The van der Waals surface area contributed by atoms with E-state index in [1.165, 1.54) is 51.4 Å². The van der Waals surface area contributed by atoms with Crippen molar-refractivity contribution in [2.45, 2.75) is 56.9 Å². The minimum absolute atomic E-state index is 0.0256. The van der Waals surface area contributed by atoms with Crippen molar-refractivity contribution in [1.29, 1.82) is 0 Å². The van der Waals surface area contributed by atoms with Gasteiger partial charge in [0.25, 0.3) is 0 Å². The van der Waals surface area contributed by atoms with Crippen LogP contribution < -0.4 is 11.5 Å². The number of rotatable bonds is 1. The van der Waals surface area contributed by atoms with Crippen LogP contribution in [0.1, 0.15) is 51.4 Å². The summed E-state index contributed by atoms with van der Waals surface area (Å²) in [5, 5.41) is 0. The Morgan fingerprint density at radius 3 is 1.65 bits per heavy atom. The van der Waals surface area contributed by atoms with Crippen molar-refractivity contribution < 1.29 is 0 Å². The van der Waals surface area contributed by atoms with Gasteiger partial charge in [-0.1, -0.05) is 25.7 Å². The van der Waals surface area contributed by atoms with E-state index in [-0.39, 0.29) is 5.54 Å². The number of hydrogen-bond donors (Lipinski definition) is 2. The van der Waals surface area contributed by atoms with Gasteiger partial charge in [-0.3, -0.25) is 0 Å². The Hall–Kier alpha value is -0.0800. The smallest absolute Gasteiger partial charge is 0.0375 e. The van der Waals surface area contributed by atoms with E-state index in [4.69, 9.17) is 11.5 Å². The van der Waals surface area contributed by atoms with Crippen LogP contribution in [0.2, 0.25) is 0 Å². The molecule has 4 rings (SSSR count). The molecule has 0 saturated heterocycles. The quantitative estimate of drug-likeness (QED) is 0.731. The van der Waals surface area contributed by atoms with E-state index >= 15 is 0 Å². The van der Waals surface area contributed by atoms with Crippen LogP contribution in [0.25, 0.3) is 0 Å². The molecular formula is C15H26N2. The summed E-state index contributed by atoms with van der Waals surface area (Å²) in [4.78, 5) is 0. The van der Waals surface area contributed by atoms with Gasteiger partial charge in [0.05, 0.1) is 0 Å². The lowest BCUT2D eigenvalue weighted by atomic mass is 9.43. The average Bonchev–Trinajstić information content (AvgIpc) is 3.10. The highest BCUT2D eigenvalue weighted by atomic mass is 15.0. The van der Waals surface area contributed by atoms with Crippen molar-refractivity contribution in [3.05, 3.63) is 0 Å². The summed E-state index contributed by atoms with van der Waals surface area (Å²) in [6.45, 7) is 0.737. The van der Waals surface area contributed by atoms with Crippen LogP contribution >= 0.6 is 0 Å². The van der Waals surface area contributed by atoms with Crippen LogP contribution in [0.3, 0.4) is 0 Å². The molecule has 4 fully saturated rings. The van der Waals surface area contributed by atoms with Crippen molar-refractivity contribution >= 4 is 0 Å². The van der Waals surface area contributed by atoms with E-state index in [9.17, 15) is 0 Å². The fourth-order valence-corrected chi connectivity index (χ4v) is 6.63. The predicted octanol–water partition coefficient (Wildman–Crippen LogP) is 2.27. The summed E-state index contributed by atoms with van der Waals surface area (Å²) in [6.07, 6.45) is 11.5. The minimum atomic E-state index is 0.0256. The predicted molar refractivity (Wildman–Crippen MR) is 69.3 cm³/mol. The third-order valence-corrected chi connectivity index (χ3v) is 7.07. The molecule has 0 amide bonds. The maximum atomic E-state index is 6.83. The Morgan fingerprint density at radius 2 is 1.18 bits per heavy atom. The molecule has 0 aromatic rings. The molecule has 17 heavy (non-hydrogen) atoms. The third kappa shape index (κ3) is 0.986. The lowest BCUT2D eigenvalue weighted by Crippen LogP contribution is -2.75. The fraction of sp³-hybridized carbons (Fsp3) is 1.00. The van der Waals surface area contributed by atoms with Gasteiger partial charge in [0, 0.05) is 12.1 Å². The Labute approximate surface area is 105 Å². The molecule has 0 aliphatic heterocycles. The van der Waals surface area contributed by atoms with Gasteiger partial charge in [0.1, 0.15) is 0 Å². The molecule has 2 heteroatoms. The molecule has 4 aliphatic rings. The Balaban J connectivity index is 1.70. The molecular weight excluding hydrogens is 208 g/mol. The SMILES string of the molecule is NCC1(N)C2CCCCC2C12C1CCCCC12. The number of nitrogens with two attached hydrogens (primary N) is 2. The van der Waals surface area contributed by atoms with Crippen LogP contribution in [0.5, 0.6) is 0 Å². The lowest BCUT2D eigenvalue weighted by molar-refractivity contribution is -0.111. The summed E-state index contributed by atoms with van der Waals surface area (Å²) in [7, 11) is 0. The third-order valence-electron chi connectivity index (χ3n) is 7.07. The van der Waals surface area contributed by atoms with Gasteiger partial charge in [-0.2, -0.15) is 0 Å². The first kappa shape index (κ1) is 10.8. The fourth-order valence-electron chi connectivity index (χ4n) is 6.63. The van der Waals surface area contributed by atoms with Gasteiger partial charge in [-0.25, -0.2) is 0 Å². The first-order valence-corrected chi connectivity index (χ1v) is 7.75. The number of fused-ring (bicyclic) bond motifs is 5. The van der Waals surface area contributed by atoms with E-state index in [0.29, 0.717) is 5.41 Å². The summed E-state index contributed by atoms with van der Waals surface area (Å²) in [5.41, 5.74) is 13.5. The molecule has 0 heterocycles. The van der Waals surface area contributed by atoms with Crippen LogP contribution in [0.4, 0.5) is 0 Å². The van der Waals surface area contributed by atoms with Crippen molar-refractivity contribution in [2.24, 2.45) is 40.6 Å². The van der Waals surface area contributed by atoms with Gasteiger partial charge in [0.2, 0.25) is 0 Å². The van der Waals surface area contributed by atoms with E-state index in [2.05, 4.69) is 0 Å². The monoisotopic (exact) mass is 234 g/mol. The minimum Gasteiger partial charge on any atom is -0.329 e. The maximum Gasteiger partial charge on any atom is 0.0375 e. The molecule has 4 saturated carbocycles. The van der Waals surface area contributed by atoms with Crippen LogP contribution in [-0.4, -0.2) is 12.1 Å². The largest absolute Gasteiger partial charge is 0.329 e. The molecule has 0 aromatic carbocycles. The van der Waals surface area contributed by atoms with Crippen LogP contribution in [-0.2, 0) is 0 Å². The first-order chi connectivity index (χ1) is 8.27. The second-order valence-electron chi connectivity index (χ2n) is 7.17. The van der Waals surface area contributed by atoms with E-state index in [1.807, 2.05) is 0 Å². The van der Waals surface area contributed by atoms with Gasteiger partial charge >= 0.3 is 0 Å².